The molecule has 3 rings (SSSR count). The molecule has 0 fully saturated rings. The molecule has 26 heavy (non-hydrogen) atoms. The Bertz CT molecular complexity index is 909. The van der Waals surface area contributed by atoms with E-state index in [1.165, 1.54) is 6.33 Å². The van der Waals surface area contributed by atoms with E-state index in [4.69, 9.17) is 11.6 Å². The van der Waals surface area contributed by atoms with E-state index in [9.17, 15) is 22.8 Å². The molecule has 0 unspecified atom stereocenters. The number of nitrogens with one attached hydrogen (secondary N) is 1. The highest BCUT2D eigenvalue weighted by Crippen LogP contribution is 2.33. The van der Waals surface area contributed by atoms with Gasteiger partial charge in [-0.2, -0.15) is 13.2 Å². The first-order valence-electron chi connectivity index (χ1n) is 7.99. The second kappa shape index (κ2) is 7.11. The number of carbonyl (C=O) groups excluding carboxylic acids is 1. The number of rotatable bonds is 3. The number of aromatic nitrogens is 2. The Hall–Kier alpha value is -2.35. The van der Waals surface area contributed by atoms with Gasteiger partial charge in [-0.05, 0) is 43.9 Å². The van der Waals surface area contributed by atoms with Gasteiger partial charge < -0.3 is 5.32 Å². The minimum Gasteiger partial charge on any atom is -0.323 e. The van der Waals surface area contributed by atoms with E-state index in [1.54, 1.807) is 0 Å². The van der Waals surface area contributed by atoms with Crippen molar-refractivity contribution in [2.75, 3.05) is 5.32 Å². The minimum absolute atomic E-state index is 0.0257. The minimum atomic E-state index is -4.55. The van der Waals surface area contributed by atoms with Crippen molar-refractivity contribution in [1.29, 1.82) is 0 Å². The molecule has 0 spiro atoms. The Morgan fingerprint density at radius 2 is 2.00 bits per heavy atom. The van der Waals surface area contributed by atoms with Gasteiger partial charge >= 0.3 is 6.18 Å². The van der Waals surface area contributed by atoms with Crippen molar-refractivity contribution >= 4 is 23.2 Å². The molecule has 0 aliphatic heterocycles. The molecular formula is C17H15ClF3N3O2. The second-order valence-corrected chi connectivity index (χ2v) is 6.46. The lowest BCUT2D eigenvalue weighted by Gasteiger charge is -2.16. The number of hydrogen-bond acceptors (Lipinski definition) is 3. The fourth-order valence-corrected chi connectivity index (χ4v) is 3.05. The van der Waals surface area contributed by atoms with Crippen LogP contribution >= 0.6 is 11.6 Å². The maximum Gasteiger partial charge on any atom is 0.416 e. The van der Waals surface area contributed by atoms with Crippen molar-refractivity contribution in [3.05, 3.63) is 56.7 Å². The Kier molecular flexibility index (Phi) is 5.04. The molecule has 0 bridgehead atoms. The number of aryl methyl sites for hydroxylation is 1. The first-order chi connectivity index (χ1) is 12.3. The molecular weight excluding hydrogens is 371 g/mol. The molecule has 0 atom stereocenters. The van der Waals surface area contributed by atoms with Crippen LogP contribution in [0.4, 0.5) is 18.9 Å². The highest BCUT2D eigenvalue weighted by Gasteiger charge is 2.31. The van der Waals surface area contributed by atoms with Gasteiger partial charge in [0.05, 0.1) is 28.3 Å². The number of benzene rings is 1. The monoisotopic (exact) mass is 385 g/mol. The zero-order chi connectivity index (χ0) is 18.9. The maximum atomic E-state index is 12.8. The number of anilines is 1. The summed E-state index contributed by atoms with van der Waals surface area (Å²) in [6.07, 6.45) is -0.0539. The molecule has 1 aliphatic rings. The zero-order valence-electron chi connectivity index (χ0n) is 13.6. The number of halogens is 4. The Morgan fingerprint density at radius 1 is 1.27 bits per heavy atom. The van der Waals surface area contributed by atoms with Gasteiger partial charge in [0.25, 0.3) is 5.56 Å². The molecule has 0 saturated carbocycles. The average molecular weight is 386 g/mol. The third-order valence-corrected chi connectivity index (χ3v) is 4.52. The molecule has 5 nitrogen and oxygen atoms in total. The molecule has 9 heteroatoms. The molecule has 138 valence electrons. The molecule has 1 aromatic carbocycles. The summed E-state index contributed by atoms with van der Waals surface area (Å²) in [7, 11) is 0. The van der Waals surface area contributed by atoms with Gasteiger partial charge in [0.15, 0.2) is 0 Å². The number of nitrogens with zero attached hydrogens (tertiary/aromatic N) is 2. The number of amides is 1. The van der Waals surface area contributed by atoms with Crippen molar-refractivity contribution in [2.24, 2.45) is 0 Å². The van der Waals surface area contributed by atoms with E-state index < -0.39 is 17.6 Å². The number of alkyl halides is 3. The smallest absolute Gasteiger partial charge is 0.323 e. The van der Waals surface area contributed by atoms with E-state index >= 15 is 0 Å². The van der Waals surface area contributed by atoms with Gasteiger partial charge in [-0.3, -0.25) is 14.2 Å². The molecule has 0 saturated heterocycles. The van der Waals surface area contributed by atoms with Crippen LogP contribution in [0.15, 0.2) is 29.3 Å². The van der Waals surface area contributed by atoms with Crippen molar-refractivity contribution in [2.45, 2.75) is 38.4 Å². The predicted molar refractivity (Wildman–Crippen MR) is 90.2 cm³/mol. The van der Waals surface area contributed by atoms with Gasteiger partial charge in [0.1, 0.15) is 6.54 Å². The summed E-state index contributed by atoms with van der Waals surface area (Å²) in [5.74, 6) is -0.661. The summed E-state index contributed by atoms with van der Waals surface area (Å²) >= 11 is 5.86. The summed E-state index contributed by atoms with van der Waals surface area (Å²) < 4.78 is 39.5. The van der Waals surface area contributed by atoms with Crippen LogP contribution in [0.2, 0.25) is 5.02 Å². The zero-order valence-corrected chi connectivity index (χ0v) is 14.3. The Morgan fingerprint density at radius 3 is 2.73 bits per heavy atom. The number of hydrogen-bond donors (Lipinski definition) is 1. The van der Waals surface area contributed by atoms with Crippen LogP contribution in [0.5, 0.6) is 0 Å². The standard InChI is InChI=1S/C17H15ClF3N3O2/c18-12-6-5-10(17(19,20)21)7-14(12)23-15(25)8-24-9-22-13-4-2-1-3-11(13)16(24)26/h5-7,9H,1-4,8H2,(H,23,25). The Balaban J connectivity index is 1.79. The van der Waals surface area contributed by atoms with E-state index in [0.717, 1.165) is 47.7 Å². The van der Waals surface area contributed by atoms with E-state index in [-0.39, 0.29) is 22.8 Å². The van der Waals surface area contributed by atoms with Gasteiger partial charge in [-0.1, -0.05) is 11.6 Å². The SMILES string of the molecule is O=C(Cn1cnc2c(c1=O)CCCC2)Nc1cc(C(F)(F)F)ccc1Cl. The van der Waals surface area contributed by atoms with E-state index in [1.807, 2.05) is 0 Å². The van der Waals surface area contributed by atoms with Crippen LogP contribution in [0, 0.1) is 0 Å². The summed E-state index contributed by atoms with van der Waals surface area (Å²) in [6.45, 7) is -0.355. The molecule has 1 aliphatic carbocycles. The molecule has 1 N–H and O–H groups in total. The van der Waals surface area contributed by atoms with Gasteiger partial charge in [-0.25, -0.2) is 4.98 Å². The topological polar surface area (TPSA) is 64.0 Å². The van der Waals surface area contributed by atoms with Gasteiger partial charge in [0.2, 0.25) is 5.91 Å². The number of fused-ring (bicyclic) bond motifs is 1. The lowest BCUT2D eigenvalue weighted by atomic mass is 9.97. The molecule has 0 radical (unpaired) electrons. The van der Waals surface area contributed by atoms with Crippen LogP contribution in [-0.4, -0.2) is 15.5 Å². The Labute approximate surface area is 151 Å². The van der Waals surface area contributed by atoms with Gasteiger partial charge in [0, 0.05) is 5.56 Å². The third kappa shape index (κ3) is 3.90. The lowest BCUT2D eigenvalue weighted by Crippen LogP contribution is -2.32. The normalized spacial score (nSPS) is 14.0. The van der Waals surface area contributed by atoms with Crippen LogP contribution in [0.25, 0.3) is 0 Å². The van der Waals surface area contributed by atoms with Crippen LogP contribution in [0.3, 0.4) is 0 Å². The first kappa shape index (κ1) is 18.4. The van der Waals surface area contributed by atoms with Crippen LogP contribution in [-0.2, 0) is 30.4 Å². The third-order valence-electron chi connectivity index (χ3n) is 4.19. The molecule has 1 amide bonds. The number of carbonyl (C=O) groups is 1. The van der Waals surface area contributed by atoms with E-state index in [0.29, 0.717) is 12.0 Å². The van der Waals surface area contributed by atoms with Crippen molar-refractivity contribution in [3.63, 3.8) is 0 Å². The average Bonchev–Trinajstić information content (AvgIpc) is 2.58. The summed E-state index contributed by atoms with van der Waals surface area (Å²) in [6, 6.07) is 2.65. The highest BCUT2D eigenvalue weighted by atomic mass is 35.5. The fourth-order valence-electron chi connectivity index (χ4n) is 2.88. The lowest BCUT2D eigenvalue weighted by molar-refractivity contribution is -0.137. The molecule has 2 aromatic rings. The van der Waals surface area contributed by atoms with E-state index in [2.05, 4.69) is 10.3 Å². The van der Waals surface area contributed by atoms with Gasteiger partial charge in [-0.15, -0.1) is 0 Å². The van der Waals surface area contributed by atoms with Crippen molar-refractivity contribution in [3.8, 4) is 0 Å². The first-order valence-corrected chi connectivity index (χ1v) is 8.37. The van der Waals surface area contributed by atoms with Crippen molar-refractivity contribution in [1.82, 2.24) is 9.55 Å². The fraction of sp³-hybridized carbons (Fsp3) is 0.353. The summed E-state index contributed by atoms with van der Waals surface area (Å²) in [4.78, 5) is 28.8. The van der Waals surface area contributed by atoms with Crippen molar-refractivity contribution < 1.29 is 18.0 Å². The summed E-state index contributed by atoms with van der Waals surface area (Å²) in [5.41, 5.74) is -0.0299. The van der Waals surface area contributed by atoms with Crippen LogP contribution < -0.4 is 10.9 Å². The van der Waals surface area contributed by atoms with Crippen LogP contribution in [0.1, 0.15) is 29.7 Å². The molecule has 1 heterocycles. The maximum absolute atomic E-state index is 12.8. The quantitative estimate of drug-likeness (QED) is 0.880. The predicted octanol–water partition coefficient (Wildman–Crippen LogP) is 3.43. The summed E-state index contributed by atoms with van der Waals surface area (Å²) in [5, 5.41) is 2.29. The highest BCUT2D eigenvalue weighted by molar-refractivity contribution is 6.33. The second-order valence-electron chi connectivity index (χ2n) is 6.05. The largest absolute Gasteiger partial charge is 0.416 e. The molecule has 1 aromatic heterocycles.